The van der Waals surface area contributed by atoms with Crippen molar-refractivity contribution in [2.75, 3.05) is 13.1 Å². The molecule has 6 heteroatoms. The molecule has 0 radical (unpaired) electrons. The van der Waals surface area contributed by atoms with Crippen LogP contribution in [0, 0.1) is 5.92 Å². The minimum atomic E-state index is -4.36. The molecule has 1 aromatic rings. The van der Waals surface area contributed by atoms with Gasteiger partial charge in [0, 0.05) is 24.2 Å². The Hall–Kier alpha value is -0.780. The van der Waals surface area contributed by atoms with Gasteiger partial charge < -0.3 is 5.73 Å². The van der Waals surface area contributed by atoms with Gasteiger partial charge in [-0.25, -0.2) is 0 Å². The number of hydrogen-bond donors (Lipinski definition) is 1. The lowest BCUT2D eigenvalue weighted by Gasteiger charge is -2.18. The molecule has 0 saturated carbocycles. The maximum Gasteiger partial charge on any atom is 0.416 e. The van der Waals surface area contributed by atoms with E-state index >= 15 is 0 Å². The second kappa shape index (κ2) is 5.92. The molecule has 1 heterocycles. The summed E-state index contributed by atoms with van der Waals surface area (Å²) in [5.41, 5.74) is 5.76. The van der Waals surface area contributed by atoms with E-state index in [1.807, 2.05) is 6.92 Å². The molecule has 1 fully saturated rings. The van der Waals surface area contributed by atoms with Gasteiger partial charge in [-0.3, -0.25) is 4.90 Å². The number of hydrogen-bond acceptors (Lipinski definition) is 2. The van der Waals surface area contributed by atoms with E-state index in [2.05, 4.69) is 4.90 Å². The molecule has 1 saturated heterocycles. The van der Waals surface area contributed by atoms with Crippen LogP contribution in [-0.4, -0.2) is 24.0 Å². The Balaban J connectivity index is 2.09. The van der Waals surface area contributed by atoms with Crippen molar-refractivity contribution in [3.05, 3.63) is 34.3 Å². The van der Waals surface area contributed by atoms with Gasteiger partial charge in [-0.05, 0) is 49.6 Å². The summed E-state index contributed by atoms with van der Waals surface area (Å²) in [7, 11) is 0. The molecular weight excluding hydrogens is 289 g/mol. The highest BCUT2D eigenvalue weighted by atomic mass is 35.5. The van der Waals surface area contributed by atoms with Crippen molar-refractivity contribution in [1.82, 2.24) is 4.90 Å². The summed E-state index contributed by atoms with van der Waals surface area (Å²) in [5, 5.41) is 0.123. The van der Waals surface area contributed by atoms with Gasteiger partial charge >= 0.3 is 6.18 Å². The van der Waals surface area contributed by atoms with Crippen LogP contribution in [0.5, 0.6) is 0 Å². The molecule has 0 amide bonds. The number of rotatable bonds is 3. The second-order valence-electron chi connectivity index (χ2n) is 5.49. The molecule has 0 aromatic heterocycles. The van der Waals surface area contributed by atoms with Gasteiger partial charge in [0.2, 0.25) is 0 Å². The Kier molecular flexibility index (Phi) is 4.62. The van der Waals surface area contributed by atoms with Crippen LogP contribution in [0.15, 0.2) is 18.2 Å². The van der Waals surface area contributed by atoms with Crippen LogP contribution in [0.4, 0.5) is 13.2 Å². The average Bonchev–Trinajstić information content (AvgIpc) is 2.75. The summed E-state index contributed by atoms with van der Waals surface area (Å²) in [5.74, 6) is 0.413. The molecular formula is C14H18ClF3N2. The smallest absolute Gasteiger partial charge is 0.328 e. The van der Waals surface area contributed by atoms with Gasteiger partial charge in [0.25, 0.3) is 0 Å². The number of nitrogens with zero attached hydrogens (tertiary/aromatic N) is 1. The van der Waals surface area contributed by atoms with Crippen LogP contribution in [0.25, 0.3) is 0 Å². The summed E-state index contributed by atoms with van der Waals surface area (Å²) in [6.07, 6.45) is -3.37. The van der Waals surface area contributed by atoms with Gasteiger partial charge in [-0.15, -0.1) is 0 Å². The topological polar surface area (TPSA) is 29.3 Å². The van der Waals surface area contributed by atoms with Crippen LogP contribution in [0.3, 0.4) is 0 Å². The minimum absolute atomic E-state index is 0.116. The molecule has 0 bridgehead atoms. The highest BCUT2D eigenvalue weighted by Crippen LogP contribution is 2.32. The highest BCUT2D eigenvalue weighted by molar-refractivity contribution is 6.30. The number of halogens is 4. The zero-order valence-electron chi connectivity index (χ0n) is 11.3. The molecule has 0 aliphatic carbocycles. The SMILES string of the molecule is CC(N)C1CCN(Cc2cc(Cl)cc(C(F)(F)F)c2)C1. The first kappa shape index (κ1) is 15.6. The number of likely N-dealkylation sites (tertiary alicyclic amines) is 1. The predicted octanol–water partition coefficient (Wildman–Crippen LogP) is 3.53. The Morgan fingerprint density at radius 1 is 1.40 bits per heavy atom. The fraction of sp³-hybridized carbons (Fsp3) is 0.571. The van der Waals surface area contributed by atoms with Crippen molar-refractivity contribution in [1.29, 1.82) is 0 Å². The van der Waals surface area contributed by atoms with E-state index in [9.17, 15) is 13.2 Å². The van der Waals surface area contributed by atoms with Crippen molar-refractivity contribution in [2.45, 2.75) is 32.1 Å². The quantitative estimate of drug-likeness (QED) is 0.925. The van der Waals surface area contributed by atoms with Gasteiger partial charge in [-0.1, -0.05) is 11.6 Å². The number of nitrogens with two attached hydrogens (primary N) is 1. The van der Waals surface area contributed by atoms with Gasteiger partial charge in [-0.2, -0.15) is 13.2 Å². The van der Waals surface area contributed by atoms with Crippen LogP contribution in [0.1, 0.15) is 24.5 Å². The van der Waals surface area contributed by atoms with E-state index in [4.69, 9.17) is 17.3 Å². The fourth-order valence-corrected chi connectivity index (χ4v) is 2.86. The fourth-order valence-electron chi connectivity index (χ4n) is 2.60. The van der Waals surface area contributed by atoms with E-state index in [0.717, 1.165) is 25.6 Å². The lowest BCUT2D eigenvalue weighted by atomic mass is 10.0. The lowest BCUT2D eigenvalue weighted by Crippen LogP contribution is -2.29. The summed E-state index contributed by atoms with van der Waals surface area (Å²) in [6.45, 7) is 4.13. The van der Waals surface area contributed by atoms with E-state index in [1.54, 1.807) is 6.07 Å². The third-order valence-corrected chi connectivity index (χ3v) is 3.96. The van der Waals surface area contributed by atoms with E-state index in [-0.39, 0.29) is 11.1 Å². The van der Waals surface area contributed by atoms with Crippen molar-refractivity contribution in [3.8, 4) is 0 Å². The molecule has 112 valence electrons. The van der Waals surface area contributed by atoms with Crippen molar-refractivity contribution >= 4 is 11.6 Å². The molecule has 2 atom stereocenters. The first-order valence-electron chi connectivity index (χ1n) is 6.60. The van der Waals surface area contributed by atoms with E-state index < -0.39 is 11.7 Å². The van der Waals surface area contributed by atoms with Crippen molar-refractivity contribution < 1.29 is 13.2 Å². The molecule has 1 aliphatic rings. The van der Waals surface area contributed by atoms with Gasteiger partial charge in [0.1, 0.15) is 0 Å². The Labute approximate surface area is 121 Å². The van der Waals surface area contributed by atoms with Crippen LogP contribution < -0.4 is 5.73 Å². The average molecular weight is 307 g/mol. The maximum atomic E-state index is 12.7. The normalized spacial score (nSPS) is 22.2. The number of benzene rings is 1. The molecule has 2 nitrogen and oxygen atoms in total. The van der Waals surface area contributed by atoms with Crippen molar-refractivity contribution in [3.63, 3.8) is 0 Å². The third-order valence-electron chi connectivity index (χ3n) is 3.74. The van der Waals surface area contributed by atoms with Crippen LogP contribution in [-0.2, 0) is 12.7 Å². The molecule has 2 N–H and O–H groups in total. The summed E-state index contributed by atoms with van der Waals surface area (Å²) < 4.78 is 38.2. The zero-order chi connectivity index (χ0) is 14.9. The largest absolute Gasteiger partial charge is 0.416 e. The van der Waals surface area contributed by atoms with Crippen LogP contribution >= 0.6 is 11.6 Å². The Morgan fingerprint density at radius 2 is 2.10 bits per heavy atom. The first-order chi connectivity index (χ1) is 9.25. The first-order valence-corrected chi connectivity index (χ1v) is 6.98. The van der Waals surface area contributed by atoms with Crippen LogP contribution in [0.2, 0.25) is 5.02 Å². The summed E-state index contributed by atoms with van der Waals surface area (Å²) >= 11 is 5.78. The second-order valence-corrected chi connectivity index (χ2v) is 5.93. The molecule has 1 aliphatic heterocycles. The monoisotopic (exact) mass is 306 g/mol. The molecule has 2 rings (SSSR count). The molecule has 2 unspecified atom stereocenters. The third kappa shape index (κ3) is 3.87. The summed E-state index contributed by atoms with van der Waals surface area (Å²) in [4.78, 5) is 2.12. The predicted molar refractivity (Wildman–Crippen MR) is 73.5 cm³/mol. The Bertz CT molecular complexity index is 474. The highest BCUT2D eigenvalue weighted by Gasteiger charge is 2.31. The standard InChI is InChI=1S/C14H18ClF3N2/c1-9(19)11-2-3-20(8-11)7-10-4-12(14(16,17)18)6-13(15)5-10/h4-6,9,11H,2-3,7-8,19H2,1H3. The Morgan fingerprint density at radius 3 is 2.65 bits per heavy atom. The van der Waals surface area contributed by atoms with Crippen molar-refractivity contribution in [2.24, 2.45) is 11.7 Å². The van der Waals surface area contributed by atoms with Gasteiger partial charge in [0.05, 0.1) is 5.56 Å². The van der Waals surface area contributed by atoms with Gasteiger partial charge in [0.15, 0.2) is 0 Å². The number of alkyl halides is 3. The van der Waals surface area contributed by atoms with E-state index in [1.165, 1.54) is 6.07 Å². The maximum absolute atomic E-state index is 12.7. The molecule has 20 heavy (non-hydrogen) atoms. The minimum Gasteiger partial charge on any atom is -0.328 e. The molecule has 1 aromatic carbocycles. The summed E-state index contributed by atoms with van der Waals surface area (Å²) in [6, 6.07) is 3.84. The van der Waals surface area contributed by atoms with E-state index in [0.29, 0.717) is 18.0 Å². The zero-order valence-corrected chi connectivity index (χ0v) is 12.0. The molecule has 0 spiro atoms. The lowest BCUT2D eigenvalue weighted by molar-refractivity contribution is -0.137.